The third-order valence-corrected chi connectivity index (χ3v) is 5.48. The van der Waals surface area contributed by atoms with Crippen molar-refractivity contribution in [3.63, 3.8) is 0 Å². The van der Waals surface area contributed by atoms with Crippen LogP contribution in [0.2, 0.25) is 0 Å². The summed E-state index contributed by atoms with van der Waals surface area (Å²) in [5.41, 5.74) is 0.769. The van der Waals surface area contributed by atoms with Crippen molar-refractivity contribution < 1.29 is 23.4 Å². The van der Waals surface area contributed by atoms with E-state index in [1.165, 1.54) is 33.6 Å². The Morgan fingerprint density at radius 1 is 0.909 bits per heavy atom. The van der Waals surface area contributed by atoms with Gasteiger partial charge in [0.25, 0.3) is 0 Å². The number of carbonyl (C=O) groups is 1. The summed E-state index contributed by atoms with van der Waals surface area (Å²) >= 11 is 0. The fraction of sp³-hybridized carbons (Fsp3) is 0.154. The van der Waals surface area contributed by atoms with Crippen LogP contribution in [-0.4, -0.2) is 31.7 Å². The van der Waals surface area contributed by atoms with Gasteiger partial charge in [-0.2, -0.15) is 0 Å². The second kappa shape index (κ2) is 9.16. The Hall–Kier alpha value is -4.13. The van der Waals surface area contributed by atoms with Crippen molar-refractivity contribution in [1.82, 2.24) is 4.57 Å². The summed E-state index contributed by atoms with van der Waals surface area (Å²) in [5.74, 6) is 0.544. The van der Waals surface area contributed by atoms with Crippen LogP contribution in [0.1, 0.15) is 21.5 Å². The zero-order chi connectivity index (χ0) is 23.5. The number of carbonyl (C=O) groups excluding carboxylic acids is 1. The normalized spacial score (nSPS) is 10.8. The number of aromatic nitrogens is 1. The molecule has 33 heavy (non-hydrogen) atoms. The Kier molecular flexibility index (Phi) is 6.13. The molecule has 0 bridgehead atoms. The minimum Gasteiger partial charge on any atom is -0.497 e. The zero-order valence-corrected chi connectivity index (χ0v) is 18.4. The average molecular weight is 447 g/mol. The second-order valence-electron chi connectivity index (χ2n) is 7.37. The molecule has 4 aromatic rings. The summed E-state index contributed by atoms with van der Waals surface area (Å²) in [5, 5.41) is 0.267. The number of halogens is 1. The predicted molar refractivity (Wildman–Crippen MR) is 123 cm³/mol. The molecule has 0 aliphatic heterocycles. The van der Waals surface area contributed by atoms with Gasteiger partial charge in [-0.05, 0) is 36.4 Å². The first-order valence-corrected chi connectivity index (χ1v) is 10.2. The maximum Gasteiger partial charge on any atom is 0.200 e. The van der Waals surface area contributed by atoms with Gasteiger partial charge in [-0.25, -0.2) is 4.39 Å². The summed E-state index contributed by atoms with van der Waals surface area (Å²) in [7, 11) is 4.49. The molecule has 0 aliphatic rings. The van der Waals surface area contributed by atoms with Gasteiger partial charge in [0, 0.05) is 23.4 Å². The van der Waals surface area contributed by atoms with E-state index in [1.54, 1.807) is 59.2 Å². The summed E-state index contributed by atoms with van der Waals surface area (Å²) in [6.45, 7) is 0.113. The molecule has 0 aliphatic carbocycles. The molecule has 1 heterocycles. The van der Waals surface area contributed by atoms with Gasteiger partial charge in [-0.1, -0.05) is 18.2 Å². The molecule has 0 atom stereocenters. The van der Waals surface area contributed by atoms with Gasteiger partial charge in [0.05, 0.1) is 44.3 Å². The summed E-state index contributed by atoms with van der Waals surface area (Å²) in [6.07, 6.45) is 1.47. The zero-order valence-electron chi connectivity index (χ0n) is 18.4. The van der Waals surface area contributed by atoms with Crippen molar-refractivity contribution in [2.75, 3.05) is 21.3 Å². The van der Waals surface area contributed by atoms with Gasteiger partial charge in [-0.15, -0.1) is 0 Å². The highest BCUT2D eigenvalue weighted by molar-refractivity contribution is 6.10. The Balaban J connectivity index is 1.95. The van der Waals surface area contributed by atoms with E-state index in [4.69, 9.17) is 14.2 Å². The average Bonchev–Trinajstić information content (AvgIpc) is 2.85. The van der Waals surface area contributed by atoms with Crippen LogP contribution >= 0.6 is 0 Å². The van der Waals surface area contributed by atoms with Crippen LogP contribution in [-0.2, 0) is 6.54 Å². The summed E-state index contributed by atoms with van der Waals surface area (Å²) < 4.78 is 32.0. The van der Waals surface area contributed by atoms with Crippen LogP contribution in [0.25, 0.3) is 10.9 Å². The molecule has 3 aromatic carbocycles. The third kappa shape index (κ3) is 4.17. The first-order valence-electron chi connectivity index (χ1n) is 10.2. The number of nitrogens with zero attached hydrogens (tertiary/aromatic N) is 1. The van der Waals surface area contributed by atoms with Crippen LogP contribution < -0.4 is 19.6 Å². The number of hydrogen-bond acceptors (Lipinski definition) is 5. The van der Waals surface area contributed by atoms with Crippen LogP contribution in [0.3, 0.4) is 0 Å². The van der Waals surface area contributed by atoms with Gasteiger partial charge in [0.2, 0.25) is 5.43 Å². The minimum absolute atomic E-state index is 0.0313. The van der Waals surface area contributed by atoms with Crippen LogP contribution in [0.4, 0.5) is 4.39 Å². The van der Waals surface area contributed by atoms with Crippen LogP contribution in [0.5, 0.6) is 17.2 Å². The fourth-order valence-electron chi connectivity index (χ4n) is 3.72. The lowest BCUT2D eigenvalue weighted by atomic mass is 10.0. The SMILES string of the molecule is COc1ccc(C(=O)c2cn(Cc3ccccc3F)c3cc(OC)c(OC)cc3c2=O)cc1. The van der Waals surface area contributed by atoms with E-state index in [2.05, 4.69) is 0 Å². The molecule has 6 nitrogen and oxygen atoms in total. The number of pyridine rings is 1. The van der Waals surface area contributed by atoms with Crippen LogP contribution in [0, 0.1) is 5.82 Å². The monoisotopic (exact) mass is 447 g/mol. The second-order valence-corrected chi connectivity index (χ2v) is 7.37. The lowest BCUT2D eigenvalue weighted by Crippen LogP contribution is -2.20. The highest BCUT2D eigenvalue weighted by Gasteiger charge is 2.20. The molecule has 0 saturated carbocycles. The molecular weight excluding hydrogens is 425 g/mol. The molecule has 0 radical (unpaired) electrons. The fourth-order valence-corrected chi connectivity index (χ4v) is 3.72. The first kappa shape index (κ1) is 22.1. The smallest absolute Gasteiger partial charge is 0.200 e. The van der Waals surface area contributed by atoms with Crippen LogP contribution in [0.15, 0.2) is 71.7 Å². The van der Waals surface area contributed by atoms with E-state index in [0.717, 1.165) is 0 Å². The number of methoxy groups -OCH3 is 3. The van der Waals surface area contributed by atoms with Crippen molar-refractivity contribution in [2.24, 2.45) is 0 Å². The van der Waals surface area contributed by atoms with E-state index < -0.39 is 11.2 Å². The molecule has 7 heteroatoms. The number of hydrogen-bond donors (Lipinski definition) is 0. The van der Waals surface area contributed by atoms with Crippen molar-refractivity contribution in [2.45, 2.75) is 6.54 Å². The molecule has 0 N–H and O–H groups in total. The van der Waals surface area contributed by atoms with E-state index in [0.29, 0.717) is 33.9 Å². The predicted octanol–water partition coefficient (Wildman–Crippen LogP) is 4.45. The highest BCUT2D eigenvalue weighted by atomic mass is 19.1. The van der Waals surface area contributed by atoms with E-state index >= 15 is 0 Å². The van der Waals surface area contributed by atoms with Gasteiger partial charge in [0.1, 0.15) is 11.6 Å². The number of benzene rings is 3. The van der Waals surface area contributed by atoms with E-state index in [9.17, 15) is 14.0 Å². The van der Waals surface area contributed by atoms with Gasteiger partial charge >= 0.3 is 0 Å². The summed E-state index contributed by atoms with van der Waals surface area (Å²) in [6, 6.07) is 16.1. The number of ketones is 1. The standard InChI is InChI=1S/C26H22FNO5/c1-31-18-10-8-16(9-11-18)25(29)20-15-28(14-17-6-4-5-7-21(17)27)22-13-24(33-3)23(32-2)12-19(22)26(20)30/h4-13,15H,14H2,1-3H3. The van der Waals surface area contributed by atoms with E-state index in [-0.39, 0.29) is 23.3 Å². The molecule has 1 aromatic heterocycles. The van der Waals surface area contributed by atoms with E-state index in [1.807, 2.05) is 0 Å². The minimum atomic E-state index is -0.448. The molecule has 0 amide bonds. The summed E-state index contributed by atoms with van der Waals surface area (Å²) in [4.78, 5) is 26.7. The van der Waals surface area contributed by atoms with Gasteiger partial charge in [-0.3, -0.25) is 9.59 Å². The molecule has 0 saturated heterocycles. The van der Waals surface area contributed by atoms with Crippen molar-refractivity contribution in [3.05, 3.63) is 99.6 Å². The Morgan fingerprint density at radius 2 is 1.58 bits per heavy atom. The van der Waals surface area contributed by atoms with Gasteiger partial charge in [0.15, 0.2) is 17.3 Å². The topological polar surface area (TPSA) is 66.8 Å². The van der Waals surface area contributed by atoms with Crippen molar-refractivity contribution >= 4 is 16.7 Å². The molecule has 0 unspecified atom stereocenters. The maximum atomic E-state index is 14.4. The number of ether oxygens (including phenoxy) is 3. The quantitative estimate of drug-likeness (QED) is 0.392. The number of fused-ring (bicyclic) bond motifs is 1. The van der Waals surface area contributed by atoms with Crippen molar-refractivity contribution in [3.8, 4) is 17.2 Å². The molecular formula is C26H22FNO5. The van der Waals surface area contributed by atoms with Gasteiger partial charge < -0.3 is 18.8 Å². The maximum absolute atomic E-state index is 14.4. The Bertz CT molecular complexity index is 1390. The molecule has 168 valence electrons. The van der Waals surface area contributed by atoms with Crippen molar-refractivity contribution in [1.29, 1.82) is 0 Å². The third-order valence-electron chi connectivity index (χ3n) is 5.48. The Labute approximate surface area is 189 Å². The largest absolute Gasteiger partial charge is 0.497 e. The highest BCUT2D eigenvalue weighted by Crippen LogP contribution is 2.31. The number of rotatable bonds is 7. The molecule has 0 spiro atoms. The lowest BCUT2D eigenvalue weighted by Gasteiger charge is -2.16. The Morgan fingerprint density at radius 3 is 2.21 bits per heavy atom. The molecule has 4 rings (SSSR count). The molecule has 0 fully saturated rings. The first-order chi connectivity index (χ1) is 16.0. The lowest BCUT2D eigenvalue weighted by molar-refractivity contribution is 0.103.